The van der Waals surface area contributed by atoms with Crippen LogP contribution in [0.15, 0.2) is 36.4 Å². The van der Waals surface area contributed by atoms with E-state index in [4.69, 9.17) is 4.98 Å². The fourth-order valence-electron chi connectivity index (χ4n) is 5.58. The Bertz CT molecular complexity index is 1230. The highest BCUT2D eigenvalue weighted by Gasteiger charge is 2.35. The number of rotatable bonds is 6. The minimum Gasteiger partial charge on any atom is -0.406 e. The van der Waals surface area contributed by atoms with Crippen molar-refractivity contribution in [3.8, 4) is 5.75 Å². The summed E-state index contributed by atoms with van der Waals surface area (Å²) >= 11 is 0. The van der Waals surface area contributed by atoms with Crippen LogP contribution in [-0.2, 0) is 6.42 Å². The predicted octanol–water partition coefficient (Wildman–Crippen LogP) is 7.52. The van der Waals surface area contributed by atoms with Gasteiger partial charge < -0.3 is 19.7 Å². The second-order valence-corrected chi connectivity index (χ2v) is 11.5. The van der Waals surface area contributed by atoms with Crippen molar-refractivity contribution in [3.05, 3.63) is 47.8 Å². The van der Waals surface area contributed by atoms with Gasteiger partial charge in [0, 0.05) is 24.2 Å². The number of nitrogens with zero attached hydrogens (tertiary/aromatic N) is 2. The van der Waals surface area contributed by atoms with Gasteiger partial charge in [0.15, 0.2) is 0 Å². The highest BCUT2D eigenvalue weighted by atomic mass is 19.4. The number of aliphatic hydroxyl groups is 1. The third kappa shape index (κ3) is 6.30. The Kier molecular flexibility index (Phi) is 6.75. The van der Waals surface area contributed by atoms with Crippen LogP contribution in [0.4, 0.5) is 29.2 Å². The largest absolute Gasteiger partial charge is 0.573 e. The third-order valence-electron chi connectivity index (χ3n) is 6.55. The number of alkyl halides is 3. The number of fused-ring (bicyclic) bond motifs is 1. The van der Waals surface area contributed by atoms with Crippen molar-refractivity contribution in [3.63, 3.8) is 0 Å². The molecule has 2 aromatic carbocycles. The topological polar surface area (TPSA) is 59.3 Å². The molecule has 0 aliphatic heterocycles. The average Bonchev–Trinajstić information content (AvgIpc) is 3.02. The minimum absolute atomic E-state index is 0.0589. The Morgan fingerprint density at radius 3 is 2.39 bits per heavy atom. The van der Waals surface area contributed by atoms with E-state index in [1.165, 1.54) is 30.3 Å². The molecule has 1 aromatic heterocycles. The number of anilines is 2. The van der Waals surface area contributed by atoms with Crippen molar-refractivity contribution >= 4 is 22.7 Å². The van der Waals surface area contributed by atoms with E-state index in [0.717, 1.165) is 19.3 Å². The highest BCUT2D eigenvalue weighted by Crippen LogP contribution is 2.46. The van der Waals surface area contributed by atoms with Crippen LogP contribution >= 0.6 is 0 Å². The third-order valence-corrected chi connectivity index (χ3v) is 6.55. The molecule has 0 spiro atoms. The maximum atomic E-state index is 15.2. The van der Waals surface area contributed by atoms with Crippen LogP contribution in [0.2, 0.25) is 0 Å². The number of aromatic nitrogens is 2. The van der Waals surface area contributed by atoms with Crippen molar-refractivity contribution in [2.75, 3.05) is 5.32 Å². The fraction of sp³-hybridized carbons (Fsp3) is 0.519. The number of benzene rings is 2. The monoisotopic (exact) mass is 507 g/mol. The van der Waals surface area contributed by atoms with Gasteiger partial charge in [0.2, 0.25) is 5.95 Å². The minimum atomic E-state index is -4.77. The predicted molar refractivity (Wildman–Crippen MR) is 132 cm³/mol. The molecule has 4 rings (SSSR count). The number of hydrogen-bond acceptors (Lipinski definition) is 4. The van der Waals surface area contributed by atoms with E-state index in [-0.39, 0.29) is 23.6 Å². The molecule has 3 aromatic rings. The van der Waals surface area contributed by atoms with E-state index in [0.29, 0.717) is 34.2 Å². The number of nitrogens with one attached hydrogen (secondary N) is 1. The molecule has 1 heterocycles. The van der Waals surface area contributed by atoms with Gasteiger partial charge in [-0.1, -0.05) is 20.8 Å². The highest BCUT2D eigenvalue weighted by molar-refractivity contribution is 5.81. The zero-order chi connectivity index (χ0) is 26.5. The molecule has 0 saturated heterocycles. The van der Waals surface area contributed by atoms with Crippen molar-refractivity contribution in [1.82, 2.24) is 9.55 Å². The summed E-state index contributed by atoms with van der Waals surface area (Å²) in [5, 5.41) is 13.4. The van der Waals surface area contributed by atoms with Gasteiger partial charge >= 0.3 is 6.36 Å². The summed E-state index contributed by atoms with van der Waals surface area (Å²) in [6, 6.07) is 8.63. The molecule has 2 unspecified atom stereocenters. The summed E-state index contributed by atoms with van der Waals surface area (Å²) in [6.07, 6.45) is -1.77. The van der Waals surface area contributed by atoms with E-state index in [1.54, 1.807) is 19.9 Å². The van der Waals surface area contributed by atoms with Crippen LogP contribution in [-0.4, -0.2) is 26.6 Å². The molecule has 1 aliphatic rings. The molecule has 1 aliphatic carbocycles. The number of hydrogen-bond donors (Lipinski definition) is 2. The summed E-state index contributed by atoms with van der Waals surface area (Å²) in [5.74, 6) is 0.225. The summed E-state index contributed by atoms with van der Waals surface area (Å²) in [6.45, 7) is 9.91. The molecule has 196 valence electrons. The van der Waals surface area contributed by atoms with Gasteiger partial charge in [-0.3, -0.25) is 0 Å². The lowest BCUT2D eigenvalue weighted by molar-refractivity contribution is -0.274. The zero-order valence-corrected chi connectivity index (χ0v) is 21.2. The standard InChI is InChI=1S/C27H33F4N3O2/c1-16-10-19(15-25(2,3)13-16)34-23-12-21(28)17(14-26(4,5)35)11-22(23)33-24(34)32-18-6-8-20(9-7-18)36-27(29,30)31/h6-9,11-12,16,19,35H,10,13-15H2,1-5H3,(H,32,33). The van der Waals surface area contributed by atoms with E-state index < -0.39 is 17.8 Å². The van der Waals surface area contributed by atoms with Crippen LogP contribution < -0.4 is 10.1 Å². The quantitative estimate of drug-likeness (QED) is 0.339. The Morgan fingerprint density at radius 2 is 1.81 bits per heavy atom. The Labute approximate surface area is 208 Å². The van der Waals surface area contributed by atoms with Gasteiger partial charge in [0.1, 0.15) is 11.6 Å². The molecule has 2 atom stereocenters. The molecule has 0 radical (unpaired) electrons. The Hall–Kier alpha value is -2.81. The number of halogens is 4. The van der Waals surface area contributed by atoms with Crippen LogP contribution in [0.5, 0.6) is 5.75 Å². The van der Waals surface area contributed by atoms with Crippen LogP contribution in [0.1, 0.15) is 65.5 Å². The maximum Gasteiger partial charge on any atom is 0.573 e. The molecular weight excluding hydrogens is 474 g/mol. The molecule has 1 fully saturated rings. The van der Waals surface area contributed by atoms with E-state index in [1.807, 2.05) is 4.57 Å². The summed E-state index contributed by atoms with van der Waals surface area (Å²) in [7, 11) is 0. The zero-order valence-electron chi connectivity index (χ0n) is 21.2. The summed E-state index contributed by atoms with van der Waals surface area (Å²) in [5.41, 5.74) is 1.14. The van der Waals surface area contributed by atoms with Crippen LogP contribution in [0.3, 0.4) is 0 Å². The van der Waals surface area contributed by atoms with Gasteiger partial charge in [-0.05, 0) is 80.3 Å². The van der Waals surface area contributed by atoms with Gasteiger partial charge in [-0.2, -0.15) is 0 Å². The molecular formula is C27H33F4N3O2. The molecule has 5 nitrogen and oxygen atoms in total. The van der Waals surface area contributed by atoms with Crippen molar-refractivity contribution in [2.24, 2.45) is 11.3 Å². The van der Waals surface area contributed by atoms with Gasteiger partial charge in [-0.15, -0.1) is 13.2 Å². The van der Waals surface area contributed by atoms with Crippen molar-refractivity contribution < 1.29 is 27.4 Å². The van der Waals surface area contributed by atoms with E-state index in [2.05, 4.69) is 30.8 Å². The maximum absolute atomic E-state index is 15.2. The second-order valence-electron chi connectivity index (χ2n) is 11.5. The second kappa shape index (κ2) is 9.25. The van der Waals surface area contributed by atoms with Gasteiger partial charge in [-0.25, -0.2) is 9.37 Å². The molecule has 9 heteroatoms. The van der Waals surface area contributed by atoms with Crippen molar-refractivity contribution in [1.29, 1.82) is 0 Å². The lowest BCUT2D eigenvalue weighted by atomic mass is 9.70. The first-order chi connectivity index (χ1) is 16.6. The molecule has 0 bridgehead atoms. The molecule has 1 saturated carbocycles. The van der Waals surface area contributed by atoms with Crippen LogP contribution in [0.25, 0.3) is 11.0 Å². The van der Waals surface area contributed by atoms with E-state index >= 15 is 4.39 Å². The number of imidazole rings is 1. The normalized spacial score (nSPS) is 20.5. The van der Waals surface area contributed by atoms with E-state index in [9.17, 15) is 18.3 Å². The Balaban J connectivity index is 1.76. The molecule has 0 amide bonds. The van der Waals surface area contributed by atoms with Gasteiger partial charge in [0.25, 0.3) is 0 Å². The van der Waals surface area contributed by atoms with Gasteiger partial charge in [0.05, 0.1) is 16.6 Å². The lowest BCUT2D eigenvalue weighted by Crippen LogP contribution is -2.29. The fourth-order valence-corrected chi connectivity index (χ4v) is 5.58. The first-order valence-corrected chi connectivity index (χ1v) is 12.1. The van der Waals surface area contributed by atoms with Crippen LogP contribution in [0, 0.1) is 17.2 Å². The molecule has 36 heavy (non-hydrogen) atoms. The Morgan fingerprint density at radius 1 is 1.14 bits per heavy atom. The lowest BCUT2D eigenvalue weighted by Gasteiger charge is -2.40. The summed E-state index contributed by atoms with van der Waals surface area (Å²) < 4.78 is 58.7. The summed E-state index contributed by atoms with van der Waals surface area (Å²) in [4.78, 5) is 4.76. The molecule has 2 N–H and O–H groups in total. The number of ether oxygens (including phenoxy) is 1. The first kappa shape index (κ1) is 26.3. The van der Waals surface area contributed by atoms with Crippen molar-refractivity contribution in [2.45, 2.75) is 78.3 Å². The average molecular weight is 508 g/mol. The first-order valence-electron chi connectivity index (χ1n) is 12.1. The SMILES string of the molecule is CC1CC(n2c(Nc3ccc(OC(F)(F)F)cc3)nc3cc(CC(C)(C)O)c(F)cc32)CC(C)(C)C1. The smallest absolute Gasteiger partial charge is 0.406 e.